The van der Waals surface area contributed by atoms with Crippen LogP contribution in [0.1, 0.15) is 31.4 Å². The highest BCUT2D eigenvalue weighted by molar-refractivity contribution is 6.03. The van der Waals surface area contributed by atoms with Crippen LogP contribution >= 0.6 is 0 Å². The van der Waals surface area contributed by atoms with E-state index >= 15 is 0 Å². The normalized spacial score (nSPS) is 19.6. The average molecular weight is 395 g/mol. The number of hydrogen-bond donors (Lipinski definition) is 2. The van der Waals surface area contributed by atoms with Crippen LogP contribution in [0.25, 0.3) is 0 Å². The number of aliphatic carboxylic acids is 1. The molecule has 29 heavy (non-hydrogen) atoms. The third kappa shape index (κ3) is 6.29. The van der Waals surface area contributed by atoms with Gasteiger partial charge in [-0.05, 0) is 31.4 Å². The zero-order chi connectivity index (χ0) is 21.3. The van der Waals surface area contributed by atoms with Gasteiger partial charge in [0.2, 0.25) is 0 Å². The molecule has 0 aliphatic heterocycles. The Hall–Kier alpha value is -2.92. The Bertz CT molecular complexity index is 765. The van der Waals surface area contributed by atoms with Crippen LogP contribution in [0.3, 0.4) is 0 Å². The molecular weight excluding hydrogens is 366 g/mol. The lowest BCUT2D eigenvalue weighted by molar-refractivity contribution is -0.164. The minimum absolute atomic E-state index is 0.286. The van der Waals surface area contributed by atoms with Gasteiger partial charge in [0.15, 0.2) is 5.41 Å². The number of nitrogens with one attached hydrogen (secondary N) is 1. The molecule has 0 amide bonds. The van der Waals surface area contributed by atoms with Crippen LogP contribution in [0.4, 0.5) is 0 Å². The van der Waals surface area contributed by atoms with Crippen LogP contribution in [0.2, 0.25) is 0 Å². The van der Waals surface area contributed by atoms with Gasteiger partial charge < -0.3 is 15.2 Å². The Morgan fingerprint density at radius 2 is 1.59 bits per heavy atom. The lowest BCUT2D eigenvalue weighted by Gasteiger charge is -2.13. The monoisotopic (exact) mass is 395 g/mol. The fourth-order valence-electron chi connectivity index (χ4n) is 3.00. The summed E-state index contributed by atoms with van der Waals surface area (Å²) in [4.78, 5) is 22.4. The molecule has 0 spiro atoms. The van der Waals surface area contributed by atoms with Gasteiger partial charge in [-0.1, -0.05) is 66.7 Å². The van der Waals surface area contributed by atoms with Crippen molar-refractivity contribution < 1.29 is 19.4 Å². The Kier molecular flexibility index (Phi) is 8.16. The van der Waals surface area contributed by atoms with Crippen molar-refractivity contribution >= 4 is 11.9 Å². The largest absolute Gasteiger partial charge is 0.480 e. The molecule has 0 heterocycles. The number of allylic oxidation sites excluding steroid dienone is 1. The molecule has 0 bridgehead atoms. The number of esters is 1. The first-order valence-electron chi connectivity index (χ1n) is 9.75. The molecular formula is C24H29NO4. The number of hydrogen-bond acceptors (Lipinski definition) is 4. The van der Waals surface area contributed by atoms with Crippen molar-refractivity contribution in [3.63, 3.8) is 0 Å². The van der Waals surface area contributed by atoms with Crippen LogP contribution in [0.15, 0.2) is 73.3 Å². The first kappa shape index (κ1) is 22.4. The molecule has 0 aromatic heterocycles. The number of carbonyl (C=O) groups excluding carboxylic acids is 1. The highest BCUT2D eigenvalue weighted by atomic mass is 16.5. The summed E-state index contributed by atoms with van der Waals surface area (Å²) in [7, 11) is 0. The van der Waals surface area contributed by atoms with Gasteiger partial charge >= 0.3 is 11.9 Å². The van der Waals surface area contributed by atoms with Crippen molar-refractivity contribution in [1.82, 2.24) is 5.32 Å². The number of carboxylic acid groups (broad SMARTS) is 1. The summed E-state index contributed by atoms with van der Waals surface area (Å²) in [5.74, 6) is -2.05. The fraction of sp³-hybridized carbons (Fsp3) is 0.333. The van der Waals surface area contributed by atoms with Gasteiger partial charge in [-0.2, -0.15) is 0 Å². The molecule has 2 aromatic rings. The lowest BCUT2D eigenvalue weighted by Crippen LogP contribution is -2.31. The highest BCUT2D eigenvalue weighted by Crippen LogP contribution is 2.54. The Balaban J connectivity index is 0.000000208. The summed E-state index contributed by atoms with van der Waals surface area (Å²) in [5.41, 5.74) is 1.30. The van der Waals surface area contributed by atoms with Crippen molar-refractivity contribution in [2.24, 2.45) is 11.3 Å². The van der Waals surface area contributed by atoms with Gasteiger partial charge in [0, 0.05) is 19.0 Å². The third-order valence-corrected chi connectivity index (χ3v) is 4.73. The second-order valence-electron chi connectivity index (χ2n) is 7.35. The molecule has 5 heteroatoms. The number of carboxylic acids is 1. The minimum atomic E-state index is -1.36. The molecule has 154 valence electrons. The number of rotatable bonds is 8. The maximum atomic E-state index is 11.5. The van der Waals surface area contributed by atoms with Gasteiger partial charge in [-0.3, -0.25) is 9.59 Å². The summed E-state index contributed by atoms with van der Waals surface area (Å²) in [5, 5.41) is 12.4. The predicted octanol–water partition coefficient (Wildman–Crippen LogP) is 4.19. The van der Waals surface area contributed by atoms with E-state index in [0.717, 1.165) is 13.1 Å². The second-order valence-corrected chi connectivity index (χ2v) is 7.35. The molecule has 3 rings (SSSR count). The predicted molar refractivity (Wildman–Crippen MR) is 113 cm³/mol. The first-order valence-corrected chi connectivity index (χ1v) is 9.75. The summed E-state index contributed by atoms with van der Waals surface area (Å²) in [6, 6.07) is 20.9. The zero-order valence-electron chi connectivity index (χ0n) is 17.0. The van der Waals surface area contributed by atoms with Crippen molar-refractivity contribution in [1.29, 1.82) is 0 Å². The summed E-state index contributed by atoms with van der Waals surface area (Å²) >= 11 is 0. The van der Waals surface area contributed by atoms with E-state index in [1.54, 1.807) is 13.8 Å². The molecule has 1 aliphatic carbocycles. The van der Waals surface area contributed by atoms with E-state index in [2.05, 4.69) is 60.4 Å². The molecule has 1 fully saturated rings. The topological polar surface area (TPSA) is 75.6 Å². The van der Waals surface area contributed by atoms with Gasteiger partial charge in [0.1, 0.15) is 0 Å². The zero-order valence-corrected chi connectivity index (χ0v) is 17.0. The number of carbonyl (C=O) groups is 2. The quantitative estimate of drug-likeness (QED) is 0.398. The van der Waals surface area contributed by atoms with Gasteiger partial charge in [-0.15, -0.1) is 6.58 Å². The highest BCUT2D eigenvalue weighted by Gasteiger charge is 2.66. The molecule has 0 saturated heterocycles. The number of ether oxygens (including phenoxy) is 1. The lowest BCUT2D eigenvalue weighted by atomic mass is 10.0. The molecule has 2 aromatic carbocycles. The van der Waals surface area contributed by atoms with Crippen molar-refractivity contribution in [2.45, 2.75) is 39.5 Å². The van der Waals surface area contributed by atoms with Crippen LogP contribution in [-0.4, -0.2) is 23.1 Å². The number of benzene rings is 2. The van der Waals surface area contributed by atoms with Gasteiger partial charge in [0.25, 0.3) is 0 Å². The van der Waals surface area contributed by atoms with E-state index in [1.807, 2.05) is 12.1 Å². The Morgan fingerprint density at radius 1 is 1.10 bits per heavy atom. The Labute approximate surface area is 172 Å². The van der Waals surface area contributed by atoms with E-state index < -0.39 is 17.4 Å². The first-order chi connectivity index (χ1) is 13.9. The van der Waals surface area contributed by atoms with E-state index in [0.29, 0.717) is 6.42 Å². The van der Waals surface area contributed by atoms with E-state index in [1.165, 1.54) is 17.2 Å². The molecule has 2 atom stereocenters. The fourth-order valence-corrected chi connectivity index (χ4v) is 3.00. The smallest absolute Gasteiger partial charge is 0.324 e. The summed E-state index contributed by atoms with van der Waals surface area (Å²) in [6.07, 6.45) is 1.51. The third-order valence-electron chi connectivity index (χ3n) is 4.73. The van der Waals surface area contributed by atoms with Gasteiger partial charge in [-0.25, -0.2) is 0 Å². The molecule has 2 N–H and O–H groups in total. The van der Waals surface area contributed by atoms with Crippen molar-refractivity contribution in [3.8, 4) is 0 Å². The van der Waals surface area contributed by atoms with E-state index in [4.69, 9.17) is 9.84 Å². The van der Waals surface area contributed by atoms with Gasteiger partial charge in [0.05, 0.1) is 6.10 Å². The van der Waals surface area contributed by atoms with E-state index in [9.17, 15) is 9.59 Å². The van der Waals surface area contributed by atoms with Crippen LogP contribution in [0, 0.1) is 11.3 Å². The SMILES string of the molecule is C=C[C@@H]1C[C@]1(C(=O)O)C(=O)OC(C)C.c1ccc(CNCc2ccccc2)cc1. The maximum absolute atomic E-state index is 11.5. The van der Waals surface area contributed by atoms with Crippen molar-refractivity contribution in [2.75, 3.05) is 0 Å². The van der Waals surface area contributed by atoms with Crippen LogP contribution in [-0.2, 0) is 27.4 Å². The van der Waals surface area contributed by atoms with E-state index in [-0.39, 0.29) is 12.0 Å². The van der Waals surface area contributed by atoms with Crippen LogP contribution in [0.5, 0.6) is 0 Å². The molecule has 0 unspecified atom stereocenters. The minimum Gasteiger partial charge on any atom is -0.480 e. The average Bonchev–Trinajstić information content (AvgIpc) is 3.46. The standard InChI is InChI=1S/C14H15N.C10H14O4/c1-3-7-13(8-4-1)11-15-12-14-9-5-2-6-10-14;1-4-7-5-10(7,8(11)12)9(13)14-6(2)3/h1-10,15H,11-12H2;4,6-7H,1,5H2,2-3H3,(H,11,12)/t;7-,10+/m.1/s1. The second kappa shape index (κ2) is 10.6. The molecule has 0 radical (unpaired) electrons. The maximum Gasteiger partial charge on any atom is 0.324 e. The molecule has 1 aliphatic rings. The summed E-state index contributed by atoms with van der Waals surface area (Å²) < 4.78 is 4.90. The molecule has 1 saturated carbocycles. The summed E-state index contributed by atoms with van der Waals surface area (Å²) in [6.45, 7) is 8.73. The van der Waals surface area contributed by atoms with Crippen molar-refractivity contribution in [3.05, 3.63) is 84.4 Å². The molecule has 5 nitrogen and oxygen atoms in total. The van der Waals surface area contributed by atoms with Crippen LogP contribution < -0.4 is 5.32 Å². The Morgan fingerprint density at radius 3 is 1.93 bits per heavy atom.